The zero-order valence-electron chi connectivity index (χ0n) is 9.64. The van der Waals surface area contributed by atoms with E-state index in [2.05, 4.69) is 21.1 Å². The maximum atomic E-state index is 11.8. The van der Waals surface area contributed by atoms with Crippen LogP contribution in [0, 0.1) is 0 Å². The summed E-state index contributed by atoms with van der Waals surface area (Å²) in [6, 6.07) is 7.30. The van der Waals surface area contributed by atoms with Gasteiger partial charge < -0.3 is 15.0 Å². The van der Waals surface area contributed by atoms with E-state index in [1.165, 1.54) is 0 Å². The number of anilines is 1. The van der Waals surface area contributed by atoms with Gasteiger partial charge in [-0.2, -0.15) is 0 Å². The van der Waals surface area contributed by atoms with Crippen LogP contribution >= 0.6 is 15.9 Å². The number of hydrogen-bond acceptors (Lipinski definition) is 5. The molecule has 0 bridgehead atoms. The lowest BCUT2D eigenvalue weighted by Gasteiger charge is -2.02. The summed E-state index contributed by atoms with van der Waals surface area (Å²) in [4.78, 5) is 11.8. The second kappa shape index (κ2) is 5.22. The predicted octanol–water partition coefficient (Wildman–Crippen LogP) is 2.86. The fourth-order valence-corrected chi connectivity index (χ4v) is 1.77. The Hall–Kier alpha value is -1.82. The zero-order chi connectivity index (χ0) is 13.1. The summed E-state index contributed by atoms with van der Waals surface area (Å²) in [5.41, 5.74) is 6.89. The molecule has 0 aliphatic rings. The Morgan fingerprint density at radius 1 is 1.44 bits per heavy atom. The van der Waals surface area contributed by atoms with Gasteiger partial charge in [-0.3, -0.25) is 0 Å². The summed E-state index contributed by atoms with van der Waals surface area (Å²) >= 11 is 3.34. The molecule has 0 spiro atoms. The van der Waals surface area contributed by atoms with Gasteiger partial charge >= 0.3 is 5.97 Å². The number of rotatable bonds is 3. The Labute approximate surface area is 112 Å². The van der Waals surface area contributed by atoms with E-state index in [1.807, 2.05) is 24.3 Å². The Kier molecular flexibility index (Phi) is 3.66. The number of esters is 1. The van der Waals surface area contributed by atoms with Gasteiger partial charge in [-0.1, -0.05) is 33.2 Å². The molecule has 2 N–H and O–H groups in total. The maximum absolute atomic E-state index is 11.8. The molecule has 0 atom stereocenters. The lowest BCUT2D eigenvalue weighted by atomic mass is 10.1. The summed E-state index contributed by atoms with van der Waals surface area (Å²) in [5, 5.41) is 3.80. The van der Waals surface area contributed by atoms with Crippen LogP contribution in [-0.2, 0) is 4.74 Å². The van der Waals surface area contributed by atoms with Crippen molar-refractivity contribution in [2.24, 2.45) is 0 Å². The minimum absolute atomic E-state index is 0.0358. The number of nitrogens with two attached hydrogens (primary N) is 1. The van der Waals surface area contributed by atoms with Crippen LogP contribution in [0.4, 0.5) is 5.88 Å². The Balaban J connectivity index is 2.45. The normalized spacial score (nSPS) is 10.3. The van der Waals surface area contributed by atoms with Gasteiger partial charge in [0, 0.05) is 10.0 Å². The van der Waals surface area contributed by atoms with Crippen LogP contribution in [0.5, 0.6) is 0 Å². The smallest absolute Gasteiger partial charge is 0.346 e. The SMILES string of the molecule is CCOC(=O)c1c(-c2ccc(Br)cc2)noc1N. The highest BCUT2D eigenvalue weighted by atomic mass is 79.9. The number of carbonyl (C=O) groups is 1. The molecule has 1 heterocycles. The first-order valence-corrected chi connectivity index (χ1v) is 6.11. The van der Waals surface area contributed by atoms with Crippen molar-refractivity contribution < 1.29 is 14.1 Å². The lowest BCUT2D eigenvalue weighted by molar-refractivity contribution is 0.0528. The highest BCUT2D eigenvalue weighted by Gasteiger charge is 2.23. The van der Waals surface area contributed by atoms with Gasteiger partial charge in [-0.05, 0) is 19.1 Å². The molecule has 18 heavy (non-hydrogen) atoms. The van der Waals surface area contributed by atoms with Crippen LogP contribution in [-0.4, -0.2) is 17.7 Å². The van der Waals surface area contributed by atoms with Crippen LogP contribution in [0.25, 0.3) is 11.3 Å². The van der Waals surface area contributed by atoms with E-state index in [1.54, 1.807) is 6.92 Å². The first-order chi connectivity index (χ1) is 8.63. The zero-order valence-corrected chi connectivity index (χ0v) is 11.2. The molecule has 0 unspecified atom stereocenters. The van der Waals surface area contributed by atoms with Crippen molar-refractivity contribution in [3.8, 4) is 11.3 Å². The van der Waals surface area contributed by atoms with Crippen molar-refractivity contribution >= 4 is 27.8 Å². The average molecular weight is 311 g/mol. The van der Waals surface area contributed by atoms with Crippen molar-refractivity contribution in [2.45, 2.75) is 6.92 Å². The number of aromatic nitrogens is 1. The number of benzene rings is 1. The van der Waals surface area contributed by atoms with Crippen LogP contribution < -0.4 is 5.73 Å². The molecular weight excluding hydrogens is 300 g/mol. The minimum Gasteiger partial charge on any atom is -0.462 e. The third kappa shape index (κ3) is 2.38. The standard InChI is InChI=1S/C12H11BrN2O3/c1-2-17-12(16)9-10(15-18-11(9)14)7-3-5-8(13)6-4-7/h3-6H,2,14H2,1H3. The summed E-state index contributed by atoms with van der Waals surface area (Å²) in [6.07, 6.45) is 0. The molecule has 0 fully saturated rings. The monoisotopic (exact) mass is 310 g/mol. The fourth-order valence-electron chi connectivity index (χ4n) is 1.51. The Bertz CT molecular complexity index is 563. The minimum atomic E-state index is -0.533. The van der Waals surface area contributed by atoms with Crippen LogP contribution in [0.15, 0.2) is 33.3 Å². The highest BCUT2D eigenvalue weighted by Crippen LogP contribution is 2.28. The third-order valence-electron chi connectivity index (χ3n) is 2.32. The first kappa shape index (κ1) is 12.6. The van der Waals surface area contributed by atoms with E-state index in [0.717, 1.165) is 10.0 Å². The fraction of sp³-hybridized carbons (Fsp3) is 0.167. The van der Waals surface area contributed by atoms with Gasteiger partial charge in [-0.25, -0.2) is 4.79 Å². The molecule has 0 radical (unpaired) electrons. The Morgan fingerprint density at radius 2 is 2.11 bits per heavy atom. The molecule has 2 rings (SSSR count). The summed E-state index contributed by atoms with van der Waals surface area (Å²) in [6.45, 7) is 1.99. The summed E-state index contributed by atoms with van der Waals surface area (Å²) < 4.78 is 10.7. The van der Waals surface area contributed by atoms with Crippen LogP contribution in [0.1, 0.15) is 17.3 Å². The number of nitrogen functional groups attached to an aromatic ring is 1. The van der Waals surface area contributed by atoms with E-state index < -0.39 is 5.97 Å². The van der Waals surface area contributed by atoms with Crippen LogP contribution in [0.2, 0.25) is 0 Å². The van der Waals surface area contributed by atoms with Crippen molar-refractivity contribution in [3.05, 3.63) is 34.3 Å². The molecule has 2 aromatic rings. The third-order valence-corrected chi connectivity index (χ3v) is 2.84. The molecule has 5 nitrogen and oxygen atoms in total. The number of nitrogens with zero attached hydrogens (tertiary/aromatic N) is 1. The van der Waals surface area contributed by atoms with E-state index >= 15 is 0 Å². The number of ether oxygens (including phenoxy) is 1. The Morgan fingerprint density at radius 3 is 2.72 bits per heavy atom. The lowest BCUT2D eigenvalue weighted by Crippen LogP contribution is -2.07. The van der Waals surface area contributed by atoms with Gasteiger partial charge in [0.15, 0.2) is 5.56 Å². The molecule has 0 aliphatic carbocycles. The molecule has 0 amide bonds. The van der Waals surface area contributed by atoms with Crippen molar-refractivity contribution in [3.63, 3.8) is 0 Å². The highest BCUT2D eigenvalue weighted by molar-refractivity contribution is 9.10. The van der Waals surface area contributed by atoms with E-state index in [4.69, 9.17) is 15.0 Å². The van der Waals surface area contributed by atoms with E-state index in [9.17, 15) is 4.79 Å². The van der Waals surface area contributed by atoms with Gasteiger partial charge in [0.05, 0.1) is 6.61 Å². The van der Waals surface area contributed by atoms with E-state index in [0.29, 0.717) is 5.69 Å². The summed E-state index contributed by atoms with van der Waals surface area (Å²) in [5.74, 6) is -0.569. The second-order valence-corrected chi connectivity index (χ2v) is 4.41. The molecular formula is C12H11BrN2O3. The predicted molar refractivity (Wildman–Crippen MR) is 70.0 cm³/mol. The number of hydrogen-bond donors (Lipinski definition) is 1. The largest absolute Gasteiger partial charge is 0.462 e. The van der Waals surface area contributed by atoms with Crippen molar-refractivity contribution in [1.29, 1.82) is 0 Å². The topological polar surface area (TPSA) is 78.3 Å². The first-order valence-electron chi connectivity index (χ1n) is 5.31. The van der Waals surface area contributed by atoms with E-state index in [-0.39, 0.29) is 18.1 Å². The molecule has 94 valence electrons. The molecule has 0 saturated carbocycles. The molecule has 0 aliphatic heterocycles. The van der Waals surface area contributed by atoms with Gasteiger partial charge in [0.1, 0.15) is 5.69 Å². The number of carbonyl (C=O) groups excluding carboxylic acids is 1. The molecule has 1 aromatic carbocycles. The van der Waals surface area contributed by atoms with Crippen molar-refractivity contribution in [2.75, 3.05) is 12.3 Å². The second-order valence-electron chi connectivity index (χ2n) is 3.50. The molecule has 1 aromatic heterocycles. The van der Waals surface area contributed by atoms with Gasteiger partial charge in [-0.15, -0.1) is 0 Å². The average Bonchev–Trinajstić information content (AvgIpc) is 2.72. The number of halogens is 1. The quantitative estimate of drug-likeness (QED) is 0.882. The molecule has 6 heteroatoms. The van der Waals surface area contributed by atoms with Crippen LogP contribution in [0.3, 0.4) is 0 Å². The maximum Gasteiger partial charge on any atom is 0.346 e. The summed E-state index contributed by atoms with van der Waals surface area (Å²) in [7, 11) is 0. The molecule has 0 saturated heterocycles. The van der Waals surface area contributed by atoms with Gasteiger partial charge in [0.2, 0.25) is 5.88 Å². The van der Waals surface area contributed by atoms with Gasteiger partial charge in [0.25, 0.3) is 0 Å². The van der Waals surface area contributed by atoms with Crippen molar-refractivity contribution in [1.82, 2.24) is 5.16 Å².